The zero-order valence-corrected chi connectivity index (χ0v) is 17.1. The van der Waals surface area contributed by atoms with Gasteiger partial charge >= 0.3 is 0 Å². The minimum Gasteiger partial charge on any atom is -0.338 e. The number of aromatic nitrogens is 2. The molecule has 0 fully saturated rings. The predicted octanol–water partition coefficient (Wildman–Crippen LogP) is 6.84. The topological polar surface area (TPSA) is 45.8 Å². The van der Waals surface area contributed by atoms with Crippen LogP contribution in [-0.2, 0) is 6.42 Å². The van der Waals surface area contributed by atoms with Gasteiger partial charge in [-0.2, -0.15) is 0 Å². The minimum absolute atomic E-state index is 0.153. The monoisotopic (exact) mass is 420 g/mol. The molecule has 0 saturated carbocycles. The summed E-state index contributed by atoms with van der Waals surface area (Å²) in [6.45, 7) is 0. The van der Waals surface area contributed by atoms with Gasteiger partial charge in [0.1, 0.15) is 5.82 Å². The SMILES string of the molecule is O=C(C[C@@H]1CCc2ccccc21)c1ccc2nc(-c3c(Cl)cccc3Cl)[nH]c2c1. The Balaban J connectivity index is 1.44. The first-order valence-electron chi connectivity index (χ1n) is 9.65. The molecule has 1 aliphatic carbocycles. The van der Waals surface area contributed by atoms with Gasteiger partial charge in [0.15, 0.2) is 5.78 Å². The van der Waals surface area contributed by atoms with Gasteiger partial charge in [0, 0.05) is 12.0 Å². The second-order valence-electron chi connectivity index (χ2n) is 7.48. The number of imidazole rings is 1. The second-order valence-corrected chi connectivity index (χ2v) is 8.29. The number of carbonyl (C=O) groups excluding carboxylic acids is 1. The Morgan fingerprint density at radius 2 is 1.83 bits per heavy atom. The summed E-state index contributed by atoms with van der Waals surface area (Å²) >= 11 is 12.6. The van der Waals surface area contributed by atoms with E-state index in [0.29, 0.717) is 39.3 Å². The number of aryl methyl sites for hydroxylation is 1. The van der Waals surface area contributed by atoms with Crippen molar-refractivity contribution in [1.29, 1.82) is 0 Å². The van der Waals surface area contributed by atoms with E-state index in [0.717, 1.165) is 23.9 Å². The van der Waals surface area contributed by atoms with E-state index in [4.69, 9.17) is 23.2 Å². The molecule has 0 saturated heterocycles. The van der Waals surface area contributed by atoms with Crippen LogP contribution < -0.4 is 0 Å². The van der Waals surface area contributed by atoms with E-state index in [1.807, 2.05) is 18.2 Å². The molecule has 0 bridgehead atoms. The summed E-state index contributed by atoms with van der Waals surface area (Å²) in [4.78, 5) is 20.8. The lowest BCUT2D eigenvalue weighted by Crippen LogP contribution is -2.05. The predicted molar refractivity (Wildman–Crippen MR) is 118 cm³/mol. The molecule has 1 atom stereocenters. The number of nitrogens with one attached hydrogen (secondary N) is 1. The number of aromatic amines is 1. The van der Waals surface area contributed by atoms with Gasteiger partial charge in [0.05, 0.1) is 26.6 Å². The molecule has 1 N–H and O–H groups in total. The Hall–Kier alpha value is -2.62. The standard InChI is InChI=1S/C24H18Cl2N2O/c25-18-6-3-7-19(26)23(18)24-27-20-11-10-16(12-21(20)28-24)22(29)13-15-9-8-14-4-1-2-5-17(14)15/h1-7,10-12,15H,8-9,13H2,(H,27,28)/t15-/m0/s1. The number of hydrogen-bond acceptors (Lipinski definition) is 2. The molecule has 4 aromatic rings. The first kappa shape index (κ1) is 18.4. The van der Waals surface area contributed by atoms with Crippen molar-refractivity contribution in [2.24, 2.45) is 0 Å². The highest BCUT2D eigenvalue weighted by atomic mass is 35.5. The van der Waals surface area contributed by atoms with Crippen LogP contribution in [0.2, 0.25) is 10.0 Å². The Labute approximate surface area is 178 Å². The normalized spacial score (nSPS) is 15.6. The number of H-pyrrole nitrogens is 1. The summed E-state index contributed by atoms with van der Waals surface area (Å²) in [6.07, 6.45) is 2.61. The highest BCUT2D eigenvalue weighted by molar-refractivity contribution is 6.39. The van der Waals surface area contributed by atoms with E-state index < -0.39 is 0 Å². The highest BCUT2D eigenvalue weighted by Crippen LogP contribution is 2.37. The third-order valence-electron chi connectivity index (χ3n) is 5.69. The molecule has 0 spiro atoms. The maximum Gasteiger partial charge on any atom is 0.163 e. The molecule has 3 nitrogen and oxygen atoms in total. The first-order valence-corrected chi connectivity index (χ1v) is 10.4. The number of nitrogens with zero attached hydrogens (tertiary/aromatic N) is 1. The summed E-state index contributed by atoms with van der Waals surface area (Å²) < 4.78 is 0. The van der Waals surface area contributed by atoms with Crippen LogP contribution in [-0.4, -0.2) is 15.8 Å². The first-order chi connectivity index (χ1) is 14.1. The lowest BCUT2D eigenvalue weighted by molar-refractivity contribution is 0.0973. The summed E-state index contributed by atoms with van der Waals surface area (Å²) in [7, 11) is 0. The Morgan fingerprint density at radius 3 is 2.66 bits per heavy atom. The van der Waals surface area contributed by atoms with Crippen molar-refractivity contribution in [2.45, 2.75) is 25.2 Å². The molecule has 5 heteroatoms. The van der Waals surface area contributed by atoms with E-state index >= 15 is 0 Å². The maximum absolute atomic E-state index is 13.0. The third kappa shape index (κ3) is 3.35. The molecular weight excluding hydrogens is 403 g/mol. The van der Waals surface area contributed by atoms with Crippen molar-refractivity contribution >= 4 is 40.0 Å². The lowest BCUT2D eigenvalue weighted by Gasteiger charge is -2.10. The second kappa shape index (κ2) is 7.33. The summed E-state index contributed by atoms with van der Waals surface area (Å²) in [6, 6.07) is 19.4. The lowest BCUT2D eigenvalue weighted by atomic mass is 9.93. The fourth-order valence-electron chi connectivity index (χ4n) is 4.22. The minimum atomic E-state index is 0.153. The van der Waals surface area contributed by atoms with Gasteiger partial charge in [0.25, 0.3) is 0 Å². The molecule has 1 aromatic heterocycles. The number of rotatable bonds is 4. The van der Waals surface area contributed by atoms with E-state index in [1.54, 1.807) is 18.2 Å². The molecular formula is C24H18Cl2N2O. The molecule has 5 rings (SSSR count). The summed E-state index contributed by atoms with van der Waals surface area (Å²) in [5.74, 6) is 1.05. The van der Waals surface area contributed by atoms with Crippen molar-refractivity contribution in [1.82, 2.24) is 9.97 Å². The Bertz CT molecular complexity index is 1220. The van der Waals surface area contributed by atoms with Gasteiger partial charge in [-0.05, 0) is 60.2 Å². The molecule has 0 aliphatic heterocycles. The smallest absolute Gasteiger partial charge is 0.163 e. The highest BCUT2D eigenvalue weighted by Gasteiger charge is 2.25. The van der Waals surface area contributed by atoms with Crippen LogP contribution in [0.5, 0.6) is 0 Å². The maximum atomic E-state index is 13.0. The van der Waals surface area contributed by atoms with Crippen LogP contribution in [0, 0.1) is 0 Å². The summed E-state index contributed by atoms with van der Waals surface area (Å²) in [5.41, 5.74) is 5.63. The van der Waals surface area contributed by atoms with E-state index in [1.165, 1.54) is 11.1 Å². The number of ketones is 1. The fraction of sp³-hybridized carbons (Fsp3) is 0.167. The number of fused-ring (bicyclic) bond motifs is 2. The molecule has 1 heterocycles. The number of halogens is 2. The Morgan fingerprint density at radius 1 is 1.03 bits per heavy atom. The number of carbonyl (C=O) groups is 1. The van der Waals surface area contributed by atoms with Gasteiger partial charge in [-0.3, -0.25) is 4.79 Å². The summed E-state index contributed by atoms with van der Waals surface area (Å²) in [5, 5.41) is 1.07. The zero-order chi connectivity index (χ0) is 20.0. The van der Waals surface area contributed by atoms with E-state index in [9.17, 15) is 4.79 Å². The molecule has 0 unspecified atom stereocenters. The number of Topliss-reactive ketones (excluding diaryl/α,β-unsaturated/α-hetero) is 1. The van der Waals surface area contributed by atoms with Gasteiger partial charge in [0.2, 0.25) is 0 Å². The van der Waals surface area contributed by atoms with Crippen molar-refractivity contribution in [3.05, 3.63) is 87.4 Å². The number of benzene rings is 3. The fourth-order valence-corrected chi connectivity index (χ4v) is 4.80. The van der Waals surface area contributed by atoms with E-state index in [-0.39, 0.29) is 5.78 Å². The average molecular weight is 421 g/mol. The average Bonchev–Trinajstić information content (AvgIpc) is 3.31. The van der Waals surface area contributed by atoms with Crippen molar-refractivity contribution < 1.29 is 4.79 Å². The third-order valence-corrected chi connectivity index (χ3v) is 6.32. The number of hydrogen-bond donors (Lipinski definition) is 1. The van der Waals surface area contributed by atoms with Gasteiger partial charge in [-0.15, -0.1) is 0 Å². The van der Waals surface area contributed by atoms with Crippen LogP contribution in [0.25, 0.3) is 22.4 Å². The largest absolute Gasteiger partial charge is 0.338 e. The zero-order valence-electron chi connectivity index (χ0n) is 15.6. The van der Waals surface area contributed by atoms with Crippen LogP contribution in [0.4, 0.5) is 0 Å². The van der Waals surface area contributed by atoms with Crippen molar-refractivity contribution in [2.75, 3.05) is 0 Å². The van der Waals surface area contributed by atoms with Gasteiger partial charge in [-0.25, -0.2) is 4.98 Å². The van der Waals surface area contributed by atoms with E-state index in [2.05, 4.69) is 34.2 Å². The van der Waals surface area contributed by atoms with Crippen molar-refractivity contribution in [3.8, 4) is 11.4 Å². The molecule has 144 valence electrons. The molecule has 3 aromatic carbocycles. The van der Waals surface area contributed by atoms with Crippen LogP contribution in [0.3, 0.4) is 0 Å². The molecule has 0 radical (unpaired) electrons. The molecule has 0 amide bonds. The van der Waals surface area contributed by atoms with Crippen LogP contribution >= 0.6 is 23.2 Å². The molecule has 29 heavy (non-hydrogen) atoms. The Kier molecular flexibility index (Phi) is 4.65. The quantitative estimate of drug-likeness (QED) is 0.367. The van der Waals surface area contributed by atoms with Gasteiger partial charge < -0.3 is 4.98 Å². The molecule has 1 aliphatic rings. The van der Waals surface area contributed by atoms with Crippen LogP contribution in [0.15, 0.2) is 60.7 Å². The van der Waals surface area contributed by atoms with Gasteiger partial charge in [-0.1, -0.05) is 53.5 Å². The van der Waals surface area contributed by atoms with Crippen molar-refractivity contribution in [3.63, 3.8) is 0 Å². The van der Waals surface area contributed by atoms with Crippen LogP contribution in [0.1, 0.15) is 40.2 Å².